The minimum Gasteiger partial charge on any atom is -0.432 e. The number of anilines is 1. The second-order valence-electron chi connectivity index (χ2n) is 6.63. The van der Waals surface area contributed by atoms with Gasteiger partial charge >= 0.3 is 0 Å². The summed E-state index contributed by atoms with van der Waals surface area (Å²) in [5, 5.41) is 3.10. The molecule has 1 N–H and O–H groups in total. The molecule has 1 aromatic rings. The largest absolute Gasteiger partial charge is 0.432 e. The van der Waals surface area contributed by atoms with Gasteiger partial charge in [-0.25, -0.2) is 0 Å². The second-order valence-corrected chi connectivity index (χ2v) is 6.63. The summed E-state index contributed by atoms with van der Waals surface area (Å²) < 4.78 is 5.61. The summed E-state index contributed by atoms with van der Waals surface area (Å²) >= 11 is 0. The number of nitrogens with zero attached hydrogens (tertiary/aromatic N) is 2. The SMILES string of the molecule is CNCc1coc(N2CCCC(C(C)(C)C)CC2)n1. The Morgan fingerprint density at radius 3 is 2.84 bits per heavy atom. The van der Waals surface area contributed by atoms with Gasteiger partial charge in [0.1, 0.15) is 6.26 Å². The highest BCUT2D eigenvalue weighted by atomic mass is 16.4. The Bertz CT molecular complexity index is 394. The van der Waals surface area contributed by atoms with Crippen LogP contribution in [0.5, 0.6) is 0 Å². The molecule has 1 aliphatic rings. The molecule has 1 saturated heterocycles. The van der Waals surface area contributed by atoms with Crippen molar-refractivity contribution in [2.24, 2.45) is 11.3 Å². The summed E-state index contributed by atoms with van der Waals surface area (Å²) in [6.45, 7) is 9.94. The number of aromatic nitrogens is 1. The molecular weight excluding hydrogens is 238 g/mol. The summed E-state index contributed by atoms with van der Waals surface area (Å²) in [5.41, 5.74) is 1.39. The Morgan fingerprint density at radius 2 is 2.16 bits per heavy atom. The van der Waals surface area contributed by atoms with Crippen molar-refractivity contribution in [3.8, 4) is 0 Å². The highest BCUT2D eigenvalue weighted by Crippen LogP contribution is 2.35. The molecule has 0 saturated carbocycles. The molecule has 1 atom stereocenters. The predicted octanol–water partition coefficient (Wildman–Crippen LogP) is 3.05. The smallest absolute Gasteiger partial charge is 0.297 e. The Balaban J connectivity index is 1.98. The number of nitrogens with one attached hydrogen (secondary N) is 1. The normalized spacial score (nSPS) is 21.5. The maximum atomic E-state index is 5.61. The number of hydrogen-bond donors (Lipinski definition) is 1. The van der Waals surface area contributed by atoms with Crippen LogP contribution in [0.15, 0.2) is 10.7 Å². The highest BCUT2D eigenvalue weighted by molar-refractivity contribution is 5.27. The van der Waals surface area contributed by atoms with Gasteiger partial charge in [0.15, 0.2) is 0 Å². The van der Waals surface area contributed by atoms with E-state index in [1.165, 1.54) is 19.3 Å². The van der Waals surface area contributed by atoms with E-state index >= 15 is 0 Å². The summed E-state index contributed by atoms with van der Waals surface area (Å²) in [7, 11) is 1.92. The van der Waals surface area contributed by atoms with E-state index in [0.29, 0.717) is 5.41 Å². The molecule has 4 heteroatoms. The van der Waals surface area contributed by atoms with E-state index < -0.39 is 0 Å². The average molecular weight is 265 g/mol. The third-order valence-corrected chi connectivity index (χ3v) is 4.12. The van der Waals surface area contributed by atoms with Crippen LogP contribution in [0.4, 0.5) is 6.01 Å². The van der Waals surface area contributed by atoms with Gasteiger partial charge in [0.05, 0.1) is 5.69 Å². The van der Waals surface area contributed by atoms with Crippen LogP contribution in [-0.4, -0.2) is 25.1 Å². The fraction of sp³-hybridized carbons (Fsp3) is 0.800. The van der Waals surface area contributed by atoms with E-state index in [2.05, 4.69) is 36.0 Å². The maximum absolute atomic E-state index is 5.61. The summed E-state index contributed by atoms with van der Waals surface area (Å²) in [4.78, 5) is 6.85. The number of oxazole rings is 1. The van der Waals surface area contributed by atoms with Gasteiger partial charge in [-0.15, -0.1) is 0 Å². The van der Waals surface area contributed by atoms with E-state index in [-0.39, 0.29) is 0 Å². The summed E-state index contributed by atoms with van der Waals surface area (Å²) in [5.74, 6) is 0.796. The van der Waals surface area contributed by atoms with Gasteiger partial charge in [0.25, 0.3) is 6.01 Å². The molecule has 0 aromatic carbocycles. The van der Waals surface area contributed by atoms with E-state index in [1.807, 2.05) is 7.05 Å². The molecule has 0 amide bonds. The molecule has 108 valence electrons. The lowest BCUT2D eigenvalue weighted by molar-refractivity contribution is 0.220. The first kappa shape index (κ1) is 14.4. The second kappa shape index (κ2) is 5.95. The molecule has 2 heterocycles. The molecular formula is C15H27N3O. The Morgan fingerprint density at radius 1 is 1.37 bits per heavy atom. The van der Waals surface area contributed by atoms with Crippen molar-refractivity contribution in [3.05, 3.63) is 12.0 Å². The van der Waals surface area contributed by atoms with Crippen molar-refractivity contribution in [1.29, 1.82) is 0 Å². The minimum atomic E-state index is 0.407. The van der Waals surface area contributed by atoms with E-state index in [1.54, 1.807) is 6.26 Å². The standard InChI is InChI=1S/C15H27N3O/c1-15(2,3)12-6-5-8-18(9-7-12)14-17-13(10-16-4)11-19-14/h11-12,16H,5-10H2,1-4H3. The van der Waals surface area contributed by atoms with Crippen LogP contribution in [-0.2, 0) is 6.54 Å². The molecule has 0 bridgehead atoms. The molecule has 0 aliphatic carbocycles. The molecule has 1 unspecified atom stereocenters. The minimum absolute atomic E-state index is 0.407. The highest BCUT2D eigenvalue weighted by Gasteiger charge is 2.28. The van der Waals surface area contributed by atoms with Crippen LogP contribution in [0.1, 0.15) is 45.7 Å². The number of hydrogen-bond acceptors (Lipinski definition) is 4. The molecule has 1 aliphatic heterocycles. The lowest BCUT2D eigenvalue weighted by Gasteiger charge is -2.29. The predicted molar refractivity (Wildman–Crippen MR) is 78.3 cm³/mol. The third kappa shape index (κ3) is 3.72. The van der Waals surface area contributed by atoms with Crippen LogP contribution in [0, 0.1) is 11.3 Å². The molecule has 0 radical (unpaired) electrons. The first-order valence-electron chi connectivity index (χ1n) is 7.34. The van der Waals surface area contributed by atoms with Crippen LogP contribution in [0.2, 0.25) is 0 Å². The zero-order chi connectivity index (χ0) is 13.9. The fourth-order valence-electron chi connectivity index (χ4n) is 2.86. The van der Waals surface area contributed by atoms with Crippen molar-refractivity contribution in [1.82, 2.24) is 10.3 Å². The first-order chi connectivity index (χ1) is 9.00. The maximum Gasteiger partial charge on any atom is 0.297 e. The lowest BCUT2D eigenvalue weighted by atomic mass is 9.77. The van der Waals surface area contributed by atoms with E-state index in [9.17, 15) is 0 Å². The third-order valence-electron chi connectivity index (χ3n) is 4.12. The number of rotatable bonds is 3. The van der Waals surface area contributed by atoms with Crippen molar-refractivity contribution < 1.29 is 4.42 Å². The van der Waals surface area contributed by atoms with Gasteiger partial charge in [-0.3, -0.25) is 0 Å². The molecule has 4 nitrogen and oxygen atoms in total. The van der Waals surface area contributed by atoms with Gasteiger partial charge in [0.2, 0.25) is 0 Å². The van der Waals surface area contributed by atoms with Crippen LogP contribution < -0.4 is 10.2 Å². The summed E-state index contributed by atoms with van der Waals surface area (Å²) in [6, 6.07) is 0.791. The summed E-state index contributed by atoms with van der Waals surface area (Å²) in [6.07, 6.45) is 5.53. The fourth-order valence-corrected chi connectivity index (χ4v) is 2.86. The van der Waals surface area contributed by atoms with Crippen molar-refractivity contribution in [2.75, 3.05) is 25.0 Å². The zero-order valence-electron chi connectivity index (χ0n) is 12.7. The molecule has 1 aromatic heterocycles. The van der Waals surface area contributed by atoms with Crippen LogP contribution in [0.3, 0.4) is 0 Å². The van der Waals surface area contributed by atoms with Gasteiger partial charge in [-0.2, -0.15) is 4.98 Å². The van der Waals surface area contributed by atoms with Crippen molar-refractivity contribution in [2.45, 2.75) is 46.6 Å². The topological polar surface area (TPSA) is 41.3 Å². The van der Waals surface area contributed by atoms with Crippen LogP contribution >= 0.6 is 0 Å². The van der Waals surface area contributed by atoms with E-state index in [4.69, 9.17) is 4.42 Å². The molecule has 1 fully saturated rings. The van der Waals surface area contributed by atoms with Crippen LogP contribution in [0.25, 0.3) is 0 Å². The first-order valence-corrected chi connectivity index (χ1v) is 7.34. The van der Waals surface area contributed by atoms with Gasteiger partial charge in [0, 0.05) is 19.6 Å². The van der Waals surface area contributed by atoms with Gasteiger partial charge in [-0.1, -0.05) is 20.8 Å². The quantitative estimate of drug-likeness (QED) is 0.912. The Labute approximate surface area is 116 Å². The Hall–Kier alpha value is -1.03. The van der Waals surface area contributed by atoms with E-state index in [0.717, 1.165) is 37.3 Å². The van der Waals surface area contributed by atoms with Gasteiger partial charge < -0.3 is 14.6 Å². The molecule has 2 rings (SSSR count). The molecule has 19 heavy (non-hydrogen) atoms. The lowest BCUT2D eigenvalue weighted by Crippen LogP contribution is -2.26. The van der Waals surface area contributed by atoms with Crippen molar-refractivity contribution >= 4 is 6.01 Å². The van der Waals surface area contributed by atoms with Crippen molar-refractivity contribution in [3.63, 3.8) is 0 Å². The Kier molecular flexibility index (Phi) is 4.50. The average Bonchev–Trinajstić information content (AvgIpc) is 2.64. The zero-order valence-corrected chi connectivity index (χ0v) is 12.7. The van der Waals surface area contributed by atoms with Gasteiger partial charge in [-0.05, 0) is 37.6 Å². The molecule has 0 spiro atoms. The monoisotopic (exact) mass is 265 g/mol.